The number of carbonyl (C=O) groups is 1. The van der Waals surface area contributed by atoms with Crippen molar-refractivity contribution in [3.63, 3.8) is 0 Å². The molecule has 4 aromatic rings. The molecular formula is C35H30O5. The van der Waals surface area contributed by atoms with Gasteiger partial charge < -0.3 is 18.9 Å². The Labute approximate surface area is 234 Å². The van der Waals surface area contributed by atoms with E-state index in [0.29, 0.717) is 30.3 Å². The highest BCUT2D eigenvalue weighted by Crippen LogP contribution is 2.53. The number of fused-ring (bicyclic) bond motifs is 3. The summed E-state index contributed by atoms with van der Waals surface area (Å²) in [7, 11) is 1.38. The van der Waals surface area contributed by atoms with Gasteiger partial charge in [-0.25, -0.2) is 4.79 Å². The van der Waals surface area contributed by atoms with Gasteiger partial charge in [0.25, 0.3) is 0 Å². The number of hydrogen-bond acceptors (Lipinski definition) is 5. The predicted octanol–water partition coefficient (Wildman–Crippen LogP) is 7.87. The van der Waals surface area contributed by atoms with E-state index in [4.69, 9.17) is 18.9 Å². The largest absolute Gasteiger partial charge is 0.489 e. The first kappa shape index (κ1) is 25.5. The van der Waals surface area contributed by atoms with Gasteiger partial charge in [-0.15, -0.1) is 0 Å². The molecule has 200 valence electrons. The monoisotopic (exact) mass is 530 g/mol. The second kappa shape index (κ2) is 11.1. The van der Waals surface area contributed by atoms with E-state index in [-0.39, 0.29) is 5.92 Å². The summed E-state index contributed by atoms with van der Waals surface area (Å²) in [5.41, 5.74) is 6.64. The average Bonchev–Trinajstić information content (AvgIpc) is 3.41. The van der Waals surface area contributed by atoms with Gasteiger partial charge in [0.1, 0.15) is 41.8 Å². The standard InChI is InChI=1S/C35H30O5/c1-23-17-29-30(18-23)33(26-13-15-27(16-14-26)38-21-24-9-5-3-6-10-24)40-34-31(29)19-28(20-32(34)35(36)37-2)39-22-25-11-7-4-8-12-25/h3-16,19-20,29H,1,17-18,21-22H2,2H3. The first-order valence-corrected chi connectivity index (χ1v) is 13.4. The number of ether oxygens (including phenoxy) is 4. The van der Waals surface area contributed by atoms with Crippen molar-refractivity contribution in [2.45, 2.75) is 32.0 Å². The zero-order chi connectivity index (χ0) is 27.5. The fraction of sp³-hybridized carbons (Fsp3) is 0.171. The summed E-state index contributed by atoms with van der Waals surface area (Å²) in [5.74, 6) is 2.23. The van der Waals surface area contributed by atoms with E-state index in [9.17, 15) is 4.79 Å². The molecule has 0 spiro atoms. The minimum absolute atomic E-state index is 0.0453. The first-order valence-electron chi connectivity index (χ1n) is 13.4. The molecule has 0 saturated heterocycles. The number of esters is 1. The summed E-state index contributed by atoms with van der Waals surface area (Å²) in [6, 6.07) is 31.6. The van der Waals surface area contributed by atoms with Crippen LogP contribution in [0.5, 0.6) is 17.2 Å². The van der Waals surface area contributed by atoms with Gasteiger partial charge in [0.15, 0.2) is 0 Å². The highest BCUT2D eigenvalue weighted by molar-refractivity contribution is 5.95. The SMILES string of the molecule is C=C1CC2=C(c3ccc(OCc4ccccc4)cc3)Oc3c(C(=O)OC)cc(OCc4ccccc4)cc3C2C1. The van der Waals surface area contributed by atoms with Gasteiger partial charge in [-0.3, -0.25) is 0 Å². The lowest BCUT2D eigenvalue weighted by atomic mass is 9.87. The Morgan fingerprint density at radius 2 is 1.48 bits per heavy atom. The fourth-order valence-electron chi connectivity index (χ4n) is 5.35. The van der Waals surface area contributed by atoms with Gasteiger partial charge in [0.2, 0.25) is 0 Å². The molecule has 0 aromatic heterocycles. The smallest absolute Gasteiger partial charge is 0.341 e. The molecule has 1 heterocycles. The van der Waals surface area contributed by atoms with Crippen molar-refractivity contribution in [2.24, 2.45) is 0 Å². The van der Waals surface area contributed by atoms with Crippen LogP contribution in [0.3, 0.4) is 0 Å². The molecule has 2 aliphatic rings. The fourth-order valence-corrected chi connectivity index (χ4v) is 5.35. The molecule has 4 aromatic carbocycles. The highest BCUT2D eigenvalue weighted by atomic mass is 16.5. The van der Waals surface area contributed by atoms with Crippen LogP contribution in [0.25, 0.3) is 5.76 Å². The van der Waals surface area contributed by atoms with Crippen LogP contribution in [0.1, 0.15) is 51.4 Å². The van der Waals surface area contributed by atoms with Crippen LogP contribution >= 0.6 is 0 Å². The van der Waals surface area contributed by atoms with E-state index < -0.39 is 5.97 Å². The predicted molar refractivity (Wildman–Crippen MR) is 154 cm³/mol. The Balaban J connectivity index is 1.31. The maximum atomic E-state index is 12.9. The number of allylic oxidation sites excluding steroid dienone is 2. The summed E-state index contributed by atoms with van der Waals surface area (Å²) in [6.45, 7) is 5.18. The number of rotatable bonds is 8. The zero-order valence-corrected chi connectivity index (χ0v) is 22.4. The quantitative estimate of drug-likeness (QED) is 0.171. The van der Waals surface area contributed by atoms with Crippen molar-refractivity contribution < 1.29 is 23.7 Å². The number of methoxy groups -OCH3 is 1. The second-order valence-electron chi connectivity index (χ2n) is 10.1. The van der Waals surface area contributed by atoms with E-state index in [2.05, 4.69) is 6.58 Å². The number of benzene rings is 4. The molecule has 1 unspecified atom stereocenters. The Kier molecular flexibility index (Phi) is 7.11. The molecule has 0 bridgehead atoms. The topological polar surface area (TPSA) is 54.0 Å². The Hall–Kier alpha value is -4.77. The summed E-state index contributed by atoms with van der Waals surface area (Å²) in [5, 5.41) is 0. The van der Waals surface area contributed by atoms with Crippen LogP contribution in [0.15, 0.2) is 115 Å². The van der Waals surface area contributed by atoms with Crippen molar-refractivity contribution >= 4 is 11.7 Å². The average molecular weight is 531 g/mol. The van der Waals surface area contributed by atoms with E-state index >= 15 is 0 Å². The van der Waals surface area contributed by atoms with Crippen LogP contribution in [-0.4, -0.2) is 13.1 Å². The van der Waals surface area contributed by atoms with Gasteiger partial charge in [-0.2, -0.15) is 0 Å². The molecule has 0 radical (unpaired) electrons. The van der Waals surface area contributed by atoms with Gasteiger partial charge in [0.05, 0.1) is 7.11 Å². The van der Waals surface area contributed by atoms with Crippen molar-refractivity contribution in [2.75, 3.05) is 7.11 Å². The minimum atomic E-state index is -0.467. The lowest BCUT2D eigenvalue weighted by molar-refractivity contribution is 0.0597. The van der Waals surface area contributed by atoms with Gasteiger partial charge >= 0.3 is 5.97 Å². The van der Waals surface area contributed by atoms with Gasteiger partial charge in [-0.1, -0.05) is 72.8 Å². The van der Waals surface area contributed by atoms with Crippen molar-refractivity contribution in [3.05, 3.63) is 143 Å². The molecule has 1 aliphatic carbocycles. The Bertz CT molecular complexity index is 1570. The maximum Gasteiger partial charge on any atom is 0.341 e. The third-order valence-electron chi connectivity index (χ3n) is 7.33. The van der Waals surface area contributed by atoms with E-state index in [1.54, 1.807) is 6.07 Å². The van der Waals surface area contributed by atoms with Gasteiger partial charge in [-0.05, 0) is 65.9 Å². The molecule has 1 fully saturated rings. The van der Waals surface area contributed by atoms with E-state index in [1.165, 1.54) is 7.11 Å². The van der Waals surface area contributed by atoms with Crippen LogP contribution in [0.4, 0.5) is 0 Å². The molecule has 1 saturated carbocycles. The Morgan fingerprint density at radius 1 is 0.850 bits per heavy atom. The van der Waals surface area contributed by atoms with Crippen LogP contribution in [-0.2, 0) is 18.0 Å². The van der Waals surface area contributed by atoms with Crippen LogP contribution in [0.2, 0.25) is 0 Å². The second-order valence-corrected chi connectivity index (χ2v) is 10.1. The van der Waals surface area contributed by atoms with E-state index in [0.717, 1.165) is 57.8 Å². The summed E-state index contributed by atoms with van der Waals surface area (Å²) in [6.07, 6.45) is 1.53. The van der Waals surface area contributed by atoms with Crippen molar-refractivity contribution in [3.8, 4) is 17.2 Å². The molecule has 40 heavy (non-hydrogen) atoms. The molecule has 5 heteroatoms. The van der Waals surface area contributed by atoms with Crippen molar-refractivity contribution in [1.29, 1.82) is 0 Å². The molecule has 6 rings (SSSR count). The summed E-state index contributed by atoms with van der Waals surface area (Å²) in [4.78, 5) is 12.9. The number of carbonyl (C=O) groups excluding carboxylic acids is 1. The summed E-state index contributed by atoms with van der Waals surface area (Å²) >= 11 is 0. The Morgan fingerprint density at radius 3 is 2.10 bits per heavy atom. The third-order valence-corrected chi connectivity index (χ3v) is 7.33. The third kappa shape index (κ3) is 5.23. The number of hydrogen-bond donors (Lipinski definition) is 0. The zero-order valence-electron chi connectivity index (χ0n) is 22.4. The maximum absolute atomic E-state index is 12.9. The molecule has 1 aliphatic heterocycles. The first-order chi connectivity index (χ1) is 19.6. The lowest BCUT2D eigenvalue weighted by Gasteiger charge is -2.29. The molecule has 0 N–H and O–H groups in total. The normalized spacial score (nSPS) is 15.6. The van der Waals surface area contributed by atoms with Crippen molar-refractivity contribution in [1.82, 2.24) is 0 Å². The van der Waals surface area contributed by atoms with Gasteiger partial charge in [0, 0.05) is 17.0 Å². The highest BCUT2D eigenvalue weighted by Gasteiger charge is 2.38. The van der Waals surface area contributed by atoms with Crippen LogP contribution < -0.4 is 14.2 Å². The van der Waals surface area contributed by atoms with E-state index in [1.807, 2.05) is 91.0 Å². The molecule has 1 atom stereocenters. The van der Waals surface area contributed by atoms with Crippen LogP contribution in [0, 0.1) is 0 Å². The molecule has 5 nitrogen and oxygen atoms in total. The minimum Gasteiger partial charge on any atom is -0.489 e. The summed E-state index contributed by atoms with van der Waals surface area (Å²) < 4.78 is 23.8. The molecule has 0 amide bonds. The molecular weight excluding hydrogens is 500 g/mol. The lowest BCUT2D eigenvalue weighted by Crippen LogP contribution is -2.16.